The first-order valence-corrected chi connectivity index (χ1v) is 11.3. The number of benzene rings is 3. The van der Waals surface area contributed by atoms with Crippen LogP contribution in [0, 0.1) is 0 Å². The van der Waals surface area contributed by atoms with Crippen molar-refractivity contribution in [3.63, 3.8) is 0 Å². The number of esters is 1. The Kier molecular flexibility index (Phi) is 5.38. The second-order valence-corrected chi connectivity index (χ2v) is 9.48. The number of hydrogen-bond donors (Lipinski definition) is 1. The molecule has 1 aromatic heterocycles. The normalized spacial score (nSPS) is 11.6. The van der Waals surface area contributed by atoms with Crippen LogP contribution in [0.25, 0.3) is 20.2 Å². The number of fused-ring (bicyclic) bond motifs is 2. The van der Waals surface area contributed by atoms with Crippen molar-refractivity contribution in [2.24, 2.45) is 0 Å². The van der Waals surface area contributed by atoms with E-state index in [2.05, 4.69) is 0 Å². The Morgan fingerprint density at radius 2 is 1.63 bits per heavy atom. The molecule has 152 valence electrons. The lowest BCUT2D eigenvalue weighted by atomic mass is 10.1. The first kappa shape index (κ1) is 20.2. The SMILES string of the molecule is O=C(OCCO)c1cc(S(=O)(=O)c2ccccc2)cc2sc3ccccc3c(=O)c12. The van der Waals surface area contributed by atoms with Crippen LogP contribution in [0.5, 0.6) is 0 Å². The zero-order valence-electron chi connectivity index (χ0n) is 15.6. The number of carbonyl (C=O) groups is 1. The van der Waals surface area contributed by atoms with Crippen molar-refractivity contribution in [2.45, 2.75) is 9.79 Å². The summed E-state index contributed by atoms with van der Waals surface area (Å²) in [6.07, 6.45) is 0. The van der Waals surface area contributed by atoms with E-state index in [1.54, 1.807) is 42.5 Å². The summed E-state index contributed by atoms with van der Waals surface area (Å²) in [4.78, 5) is 25.7. The quantitative estimate of drug-likeness (QED) is 0.377. The summed E-state index contributed by atoms with van der Waals surface area (Å²) in [6, 6.07) is 17.4. The van der Waals surface area contributed by atoms with Gasteiger partial charge in [-0.25, -0.2) is 13.2 Å². The summed E-state index contributed by atoms with van der Waals surface area (Å²) < 4.78 is 32.4. The summed E-state index contributed by atoms with van der Waals surface area (Å²) in [7, 11) is -3.93. The Hall–Kier alpha value is -3.07. The third-order valence-corrected chi connectivity index (χ3v) is 7.43. The molecule has 30 heavy (non-hydrogen) atoms. The van der Waals surface area contributed by atoms with E-state index in [1.165, 1.54) is 35.6 Å². The van der Waals surface area contributed by atoms with Gasteiger partial charge in [0.2, 0.25) is 9.84 Å². The van der Waals surface area contributed by atoms with Gasteiger partial charge in [-0.15, -0.1) is 11.3 Å². The summed E-state index contributed by atoms with van der Waals surface area (Å²) >= 11 is 1.22. The van der Waals surface area contributed by atoms with Crippen LogP contribution in [0.1, 0.15) is 10.4 Å². The van der Waals surface area contributed by atoms with Crippen LogP contribution in [-0.4, -0.2) is 32.7 Å². The van der Waals surface area contributed by atoms with Crippen LogP contribution in [0.2, 0.25) is 0 Å². The number of rotatable bonds is 5. The third kappa shape index (κ3) is 3.49. The molecule has 0 radical (unpaired) electrons. The Labute approximate surface area is 175 Å². The van der Waals surface area contributed by atoms with E-state index in [4.69, 9.17) is 9.84 Å². The van der Waals surface area contributed by atoms with Crippen LogP contribution in [0.4, 0.5) is 0 Å². The summed E-state index contributed by atoms with van der Waals surface area (Å²) in [5, 5.41) is 9.51. The highest BCUT2D eigenvalue weighted by Gasteiger charge is 2.24. The molecule has 0 aliphatic rings. The van der Waals surface area contributed by atoms with Crippen LogP contribution in [0.15, 0.2) is 81.3 Å². The van der Waals surface area contributed by atoms with Crippen molar-refractivity contribution in [1.82, 2.24) is 0 Å². The first-order valence-electron chi connectivity index (χ1n) is 9.01. The number of sulfone groups is 1. The predicted octanol–water partition coefficient (Wildman–Crippen LogP) is 3.40. The van der Waals surface area contributed by atoms with Gasteiger partial charge in [-0.05, 0) is 36.4 Å². The number of aliphatic hydroxyl groups excluding tert-OH is 1. The maximum Gasteiger partial charge on any atom is 0.339 e. The molecule has 0 unspecified atom stereocenters. The Morgan fingerprint density at radius 3 is 2.37 bits per heavy atom. The fraction of sp³-hybridized carbons (Fsp3) is 0.0909. The van der Waals surface area contributed by atoms with E-state index in [9.17, 15) is 18.0 Å². The van der Waals surface area contributed by atoms with Crippen LogP contribution in [-0.2, 0) is 14.6 Å². The number of hydrogen-bond acceptors (Lipinski definition) is 7. The smallest absolute Gasteiger partial charge is 0.339 e. The number of aliphatic hydroxyl groups is 1. The van der Waals surface area contributed by atoms with Crippen molar-refractivity contribution >= 4 is 47.3 Å². The van der Waals surface area contributed by atoms with Gasteiger partial charge in [0.15, 0.2) is 5.43 Å². The molecule has 0 atom stereocenters. The monoisotopic (exact) mass is 440 g/mol. The zero-order chi connectivity index (χ0) is 21.3. The van der Waals surface area contributed by atoms with Crippen molar-refractivity contribution in [3.8, 4) is 0 Å². The van der Waals surface area contributed by atoms with Crippen LogP contribution < -0.4 is 5.43 Å². The van der Waals surface area contributed by atoms with Gasteiger partial charge in [0, 0.05) is 14.8 Å². The number of carbonyl (C=O) groups excluding carboxylic acids is 1. The highest BCUT2D eigenvalue weighted by atomic mass is 32.2. The molecule has 0 aliphatic heterocycles. The van der Waals surface area contributed by atoms with Crippen molar-refractivity contribution in [1.29, 1.82) is 0 Å². The largest absolute Gasteiger partial charge is 0.460 e. The molecule has 0 aliphatic carbocycles. The predicted molar refractivity (Wildman–Crippen MR) is 115 cm³/mol. The lowest BCUT2D eigenvalue weighted by Crippen LogP contribution is -2.14. The lowest BCUT2D eigenvalue weighted by molar-refractivity contribution is 0.0435. The Morgan fingerprint density at radius 1 is 0.933 bits per heavy atom. The van der Waals surface area contributed by atoms with Gasteiger partial charge in [0.25, 0.3) is 0 Å². The molecule has 6 nitrogen and oxygen atoms in total. The fourth-order valence-corrected chi connectivity index (χ4v) is 5.72. The molecule has 1 heterocycles. The maximum absolute atomic E-state index is 13.1. The Bertz CT molecular complexity index is 1420. The van der Waals surface area contributed by atoms with Gasteiger partial charge < -0.3 is 9.84 Å². The van der Waals surface area contributed by atoms with Crippen molar-refractivity contribution in [3.05, 3.63) is 82.5 Å². The molecule has 3 aromatic carbocycles. The van der Waals surface area contributed by atoms with E-state index in [1.807, 2.05) is 0 Å². The lowest BCUT2D eigenvalue weighted by Gasteiger charge is -2.11. The second-order valence-electron chi connectivity index (χ2n) is 6.45. The Balaban J connectivity index is 2.06. The van der Waals surface area contributed by atoms with Gasteiger partial charge in [0.1, 0.15) is 6.61 Å². The molecular formula is C22H16O6S2. The summed E-state index contributed by atoms with van der Waals surface area (Å²) in [5.74, 6) is -0.862. The summed E-state index contributed by atoms with van der Waals surface area (Å²) in [6.45, 7) is -0.650. The first-order chi connectivity index (χ1) is 14.4. The highest BCUT2D eigenvalue weighted by molar-refractivity contribution is 7.91. The summed E-state index contributed by atoms with van der Waals surface area (Å²) in [5.41, 5.74) is -0.513. The van der Waals surface area contributed by atoms with E-state index >= 15 is 0 Å². The van der Waals surface area contributed by atoms with Crippen molar-refractivity contribution in [2.75, 3.05) is 13.2 Å². The third-order valence-electron chi connectivity index (χ3n) is 4.56. The number of ether oxygens (including phenoxy) is 1. The van der Waals surface area contributed by atoms with Gasteiger partial charge in [-0.3, -0.25) is 4.79 Å². The second kappa shape index (κ2) is 7.98. The zero-order valence-corrected chi connectivity index (χ0v) is 17.2. The minimum absolute atomic E-state index is 0.0761. The molecule has 0 bridgehead atoms. The molecule has 0 fully saturated rings. The van der Waals surface area contributed by atoms with Gasteiger partial charge >= 0.3 is 5.97 Å². The van der Waals surface area contributed by atoms with Crippen LogP contribution in [0.3, 0.4) is 0 Å². The van der Waals surface area contributed by atoms with Gasteiger partial charge in [-0.1, -0.05) is 30.3 Å². The van der Waals surface area contributed by atoms with E-state index in [0.717, 1.165) is 0 Å². The minimum atomic E-state index is -3.93. The molecule has 0 saturated heterocycles. The highest BCUT2D eigenvalue weighted by Crippen LogP contribution is 2.32. The standard InChI is InChI=1S/C22H16O6S2/c23-10-11-28-22(25)17-12-15(30(26,27)14-6-2-1-3-7-14)13-19-20(17)21(24)16-8-4-5-9-18(16)29-19/h1-9,12-13,23H,10-11H2. The van der Waals surface area contributed by atoms with Gasteiger partial charge in [-0.2, -0.15) is 0 Å². The molecule has 8 heteroatoms. The molecular weight excluding hydrogens is 424 g/mol. The van der Waals surface area contributed by atoms with E-state index in [0.29, 0.717) is 14.8 Å². The average Bonchev–Trinajstić information content (AvgIpc) is 2.77. The molecule has 4 rings (SSSR count). The average molecular weight is 440 g/mol. The van der Waals surface area contributed by atoms with Crippen molar-refractivity contribution < 1.29 is 23.1 Å². The molecule has 0 saturated carbocycles. The molecule has 0 amide bonds. The maximum atomic E-state index is 13.1. The molecule has 4 aromatic rings. The van der Waals surface area contributed by atoms with E-state index < -0.39 is 15.8 Å². The van der Waals surface area contributed by atoms with E-state index in [-0.39, 0.29) is 39.4 Å². The van der Waals surface area contributed by atoms with Crippen LogP contribution >= 0.6 is 11.3 Å². The fourth-order valence-electron chi connectivity index (χ4n) is 3.17. The molecule has 1 N–H and O–H groups in total. The topological polar surface area (TPSA) is 97.7 Å². The molecule has 0 spiro atoms. The minimum Gasteiger partial charge on any atom is -0.460 e. The van der Waals surface area contributed by atoms with Gasteiger partial charge in [0.05, 0.1) is 27.3 Å².